The van der Waals surface area contributed by atoms with Crippen LogP contribution in [0.15, 0.2) is 22.8 Å². The highest BCUT2D eigenvalue weighted by Gasteiger charge is 2.15. The number of hydrogen-bond donors (Lipinski definition) is 0. The van der Waals surface area contributed by atoms with E-state index in [1.54, 1.807) is 6.07 Å². The van der Waals surface area contributed by atoms with Crippen LogP contribution in [0.1, 0.15) is 5.56 Å². The van der Waals surface area contributed by atoms with Crippen molar-refractivity contribution in [2.75, 3.05) is 32.9 Å². The molecule has 0 saturated carbocycles. The molecule has 1 saturated heterocycles. The monoisotopic (exact) mass is 312 g/mol. The molecule has 1 aromatic carbocycles. The van der Waals surface area contributed by atoms with E-state index in [0.29, 0.717) is 22.4 Å². The molecule has 3 rings (SSSR count). The summed E-state index contributed by atoms with van der Waals surface area (Å²) >= 11 is 12.1. The number of ether oxygens (including phenoxy) is 2. The third-order valence-corrected chi connectivity index (χ3v) is 3.63. The van der Waals surface area contributed by atoms with Crippen LogP contribution in [0.4, 0.5) is 0 Å². The van der Waals surface area contributed by atoms with Crippen molar-refractivity contribution in [3.63, 3.8) is 0 Å². The first-order chi connectivity index (χ1) is 9.72. The van der Waals surface area contributed by atoms with Crippen LogP contribution in [0.5, 0.6) is 5.75 Å². The van der Waals surface area contributed by atoms with Crippen molar-refractivity contribution in [2.24, 2.45) is 5.10 Å². The summed E-state index contributed by atoms with van der Waals surface area (Å²) in [6.45, 7) is 3.54. The van der Waals surface area contributed by atoms with Gasteiger partial charge >= 0.3 is 0 Å². The number of halogens is 2. The minimum absolute atomic E-state index is 0.461. The van der Waals surface area contributed by atoms with Crippen molar-refractivity contribution in [3.8, 4) is 5.75 Å². The molecule has 0 aromatic heterocycles. The van der Waals surface area contributed by atoms with E-state index in [9.17, 15) is 0 Å². The molecular formula is C14H14Cl2N2O2. The summed E-state index contributed by atoms with van der Waals surface area (Å²) in [5.41, 5.74) is 1.87. The van der Waals surface area contributed by atoms with E-state index < -0.39 is 0 Å². The lowest BCUT2D eigenvalue weighted by atomic mass is 10.1. The number of hydrogen-bond acceptors (Lipinski definition) is 4. The second-order valence-corrected chi connectivity index (χ2v) is 5.47. The van der Waals surface area contributed by atoms with Crippen molar-refractivity contribution in [1.82, 2.24) is 5.01 Å². The minimum Gasteiger partial charge on any atom is -0.487 e. The van der Waals surface area contributed by atoms with Crippen molar-refractivity contribution in [3.05, 3.63) is 33.3 Å². The summed E-state index contributed by atoms with van der Waals surface area (Å²) in [7, 11) is 0. The number of morpholine rings is 1. The molecule has 1 aromatic rings. The summed E-state index contributed by atoms with van der Waals surface area (Å²) in [5, 5.41) is 7.56. The van der Waals surface area contributed by atoms with Crippen LogP contribution in [0.2, 0.25) is 10.0 Å². The van der Waals surface area contributed by atoms with Gasteiger partial charge in [-0.15, -0.1) is 0 Å². The standard InChI is InChI=1S/C14H14Cl2N2O2/c15-12-6-11-5-10(9-20-14(11)13(16)7-12)8-17-18-1-3-19-4-2-18/h5-8H,1-4,9H2/b17-8-. The van der Waals surface area contributed by atoms with Gasteiger partial charge in [-0.2, -0.15) is 5.10 Å². The number of hydrazone groups is 1. The molecule has 2 aliphatic heterocycles. The van der Waals surface area contributed by atoms with E-state index in [1.165, 1.54) is 0 Å². The normalized spacial score (nSPS) is 18.7. The Labute approximate surface area is 127 Å². The fraction of sp³-hybridized carbons (Fsp3) is 0.357. The minimum atomic E-state index is 0.461. The Bertz CT molecular complexity index is 567. The third kappa shape index (κ3) is 3.08. The zero-order valence-corrected chi connectivity index (χ0v) is 12.3. The van der Waals surface area contributed by atoms with Crippen LogP contribution in [0.3, 0.4) is 0 Å². The highest BCUT2D eigenvalue weighted by Crippen LogP contribution is 2.36. The Morgan fingerprint density at radius 2 is 2.00 bits per heavy atom. The Morgan fingerprint density at radius 1 is 1.20 bits per heavy atom. The van der Waals surface area contributed by atoms with E-state index in [4.69, 9.17) is 32.7 Å². The predicted molar refractivity (Wildman–Crippen MR) is 80.8 cm³/mol. The Hall–Kier alpha value is -1.23. The molecule has 2 heterocycles. The molecule has 0 radical (unpaired) electrons. The van der Waals surface area contributed by atoms with Crippen molar-refractivity contribution < 1.29 is 9.47 Å². The quantitative estimate of drug-likeness (QED) is 0.787. The lowest BCUT2D eigenvalue weighted by molar-refractivity contribution is 0.0396. The van der Waals surface area contributed by atoms with Gasteiger partial charge in [0.05, 0.1) is 37.5 Å². The zero-order valence-electron chi connectivity index (χ0n) is 10.8. The molecular weight excluding hydrogens is 299 g/mol. The number of benzene rings is 1. The molecule has 0 bridgehead atoms. The summed E-state index contributed by atoms with van der Waals surface area (Å²) in [5.74, 6) is 0.680. The highest BCUT2D eigenvalue weighted by molar-refractivity contribution is 6.36. The maximum absolute atomic E-state index is 6.10. The summed E-state index contributed by atoms with van der Waals surface area (Å²) in [6, 6.07) is 3.52. The van der Waals surface area contributed by atoms with Crippen LogP contribution < -0.4 is 4.74 Å². The van der Waals surface area contributed by atoms with Gasteiger partial charge in [0, 0.05) is 16.2 Å². The first kappa shape index (κ1) is 13.7. The average Bonchev–Trinajstić information content (AvgIpc) is 2.45. The van der Waals surface area contributed by atoms with E-state index >= 15 is 0 Å². The van der Waals surface area contributed by atoms with Crippen molar-refractivity contribution in [1.29, 1.82) is 0 Å². The molecule has 0 amide bonds. The molecule has 0 unspecified atom stereocenters. The van der Waals surface area contributed by atoms with E-state index in [0.717, 1.165) is 37.4 Å². The van der Waals surface area contributed by atoms with E-state index in [1.807, 2.05) is 23.4 Å². The molecule has 0 atom stereocenters. The van der Waals surface area contributed by atoms with Crippen LogP contribution in [0.25, 0.3) is 6.08 Å². The summed E-state index contributed by atoms with van der Waals surface area (Å²) in [6.07, 6.45) is 3.82. The van der Waals surface area contributed by atoms with Gasteiger partial charge in [-0.1, -0.05) is 23.2 Å². The largest absolute Gasteiger partial charge is 0.487 e. The van der Waals surface area contributed by atoms with Gasteiger partial charge in [0.2, 0.25) is 0 Å². The van der Waals surface area contributed by atoms with Gasteiger partial charge in [0.15, 0.2) is 0 Å². The summed E-state index contributed by atoms with van der Waals surface area (Å²) in [4.78, 5) is 0. The first-order valence-electron chi connectivity index (χ1n) is 6.41. The first-order valence-corrected chi connectivity index (χ1v) is 7.17. The lowest BCUT2D eigenvalue weighted by Gasteiger charge is -2.24. The van der Waals surface area contributed by atoms with Crippen LogP contribution in [0, 0.1) is 0 Å². The predicted octanol–water partition coefficient (Wildman–Crippen LogP) is 3.09. The highest BCUT2D eigenvalue weighted by atomic mass is 35.5. The fourth-order valence-corrected chi connectivity index (χ4v) is 2.70. The Kier molecular flexibility index (Phi) is 4.15. The average molecular weight is 313 g/mol. The van der Waals surface area contributed by atoms with Crippen LogP contribution in [-0.2, 0) is 4.74 Å². The van der Waals surface area contributed by atoms with Gasteiger partial charge in [-0.25, -0.2) is 0 Å². The maximum atomic E-state index is 6.10. The topological polar surface area (TPSA) is 34.1 Å². The maximum Gasteiger partial charge on any atom is 0.145 e. The second kappa shape index (κ2) is 6.04. The molecule has 20 heavy (non-hydrogen) atoms. The van der Waals surface area contributed by atoms with Gasteiger partial charge in [0.25, 0.3) is 0 Å². The van der Waals surface area contributed by atoms with Crippen molar-refractivity contribution in [2.45, 2.75) is 0 Å². The van der Waals surface area contributed by atoms with Gasteiger partial charge in [-0.3, -0.25) is 5.01 Å². The van der Waals surface area contributed by atoms with E-state index in [2.05, 4.69) is 5.10 Å². The number of nitrogens with zero attached hydrogens (tertiary/aromatic N) is 2. The number of fused-ring (bicyclic) bond motifs is 1. The van der Waals surface area contributed by atoms with Gasteiger partial charge in [0.1, 0.15) is 12.4 Å². The number of rotatable bonds is 2. The van der Waals surface area contributed by atoms with Gasteiger partial charge in [-0.05, 0) is 18.2 Å². The second-order valence-electron chi connectivity index (χ2n) is 4.62. The molecule has 0 aliphatic carbocycles. The SMILES string of the molecule is Clc1cc(Cl)c2c(c1)C=C(/C=N\N1CCOCC1)CO2. The fourth-order valence-electron chi connectivity index (χ4n) is 2.14. The molecule has 0 spiro atoms. The summed E-state index contributed by atoms with van der Waals surface area (Å²) < 4.78 is 10.9. The zero-order chi connectivity index (χ0) is 13.9. The molecule has 0 N–H and O–H groups in total. The molecule has 2 aliphatic rings. The lowest BCUT2D eigenvalue weighted by Crippen LogP contribution is -2.32. The van der Waals surface area contributed by atoms with Gasteiger partial charge < -0.3 is 9.47 Å². The third-order valence-electron chi connectivity index (χ3n) is 3.14. The van der Waals surface area contributed by atoms with E-state index in [-0.39, 0.29) is 0 Å². The molecule has 6 heteroatoms. The molecule has 4 nitrogen and oxygen atoms in total. The Morgan fingerprint density at radius 3 is 2.80 bits per heavy atom. The van der Waals surface area contributed by atoms with Crippen molar-refractivity contribution >= 4 is 35.5 Å². The smallest absolute Gasteiger partial charge is 0.145 e. The molecule has 106 valence electrons. The Balaban J connectivity index is 1.78. The molecule has 1 fully saturated rings. The van der Waals surface area contributed by atoms with Crippen LogP contribution in [-0.4, -0.2) is 44.1 Å². The van der Waals surface area contributed by atoms with Crippen LogP contribution >= 0.6 is 23.2 Å².